The molecule has 2 heterocycles. The molecule has 1 N–H and O–H groups in total. The van der Waals surface area contributed by atoms with Crippen LogP contribution in [-0.2, 0) is 10.0 Å². The Hall–Kier alpha value is -0.560. The van der Waals surface area contributed by atoms with Gasteiger partial charge in [0.15, 0.2) is 0 Å². The molecule has 2 rings (SSSR count). The second-order valence-electron chi connectivity index (χ2n) is 3.52. The van der Waals surface area contributed by atoms with Gasteiger partial charge < -0.3 is 9.73 Å². The van der Waals surface area contributed by atoms with Crippen LogP contribution in [-0.4, -0.2) is 38.9 Å². The van der Waals surface area contributed by atoms with Crippen molar-refractivity contribution in [2.45, 2.75) is 12.0 Å². The first-order chi connectivity index (χ1) is 7.10. The zero-order valence-corrected chi connectivity index (χ0v) is 10.6. The summed E-state index contributed by atoms with van der Waals surface area (Å²) in [6.07, 6.45) is 0. The van der Waals surface area contributed by atoms with Crippen LogP contribution in [0.25, 0.3) is 0 Å². The first kappa shape index (κ1) is 13.5. The summed E-state index contributed by atoms with van der Waals surface area (Å²) in [5.41, 5.74) is 0. The van der Waals surface area contributed by atoms with E-state index in [-0.39, 0.29) is 17.5 Å². The third kappa shape index (κ3) is 2.57. The Bertz CT molecular complexity index is 437. The SMILES string of the molecule is Cc1ccc(S(=O)(=O)N2CCNCC2)o1.Cl. The maximum atomic E-state index is 12.0. The van der Waals surface area contributed by atoms with E-state index >= 15 is 0 Å². The van der Waals surface area contributed by atoms with Crippen LogP contribution in [0.15, 0.2) is 21.6 Å². The molecule has 0 spiro atoms. The number of furan rings is 1. The quantitative estimate of drug-likeness (QED) is 0.852. The van der Waals surface area contributed by atoms with Gasteiger partial charge in [-0.1, -0.05) is 0 Å². The van der Waals surface area contributed by atoms with Crippen LogP contribution in [0.1, 0.15) is 5.76 Å². The van der Waals surface area contributed by atoms with Gasteiger partial charge in [-0.2, -0.15) is 4.31 Å². The highest BCUT2D eigenvalue weighted by molar-refractivity contribution is 7.89. The molecule has 0 saturated carbocycles. The van der Waals surface area contributed by atoms with Crippen molar-refractivity contribution in [3.63, 3.8) is 0 Å². The Balaban J connectivity index is 0.00000128. The van der Waals surface area contributed by atoms with Crippen molar-refractivity contribution < 1.29 is 12.8 Å². The molecule has 1 aliphatic heterocycles. The van der Waals surface area contributed by atoms with Gasteiger partial charge in [-0.15, -0.1) is 12.4 Å². The minimum atomic E-state index is -3.41. The van der Waals surface area contributed by atoms with Gasteiger partial charge in [0.25, 0.3) is 10.0 Å². The molecule has 1 aromatic rings. The molecule has 1 aromatic heterocycles. The highest BCUT2D eigenvalue weighted by Gasteiger charge is 2.28. The van der Waals surface area contributed by atoms with Crippen LogP contribution < -0.4 is 5.32 Å². The number of nitrogens with zero attached hydrogens (tertiary/aromatic N) is 1. The fraction of sp³-hybridized carbons (Fsp3) is 0.556. The average Bonchev–Trinajstić information content (AvgIpc) is 2.67. The van der Waals surface area contributed by atoms with Crippen LogP contribution in [0, 0.1) is 6.92 Å². The average molecular weight is 267 g/mol. The van der Waals surface area contributed by atoms with Gasteiger partial charge in [0, 0.05) is 26.2 Å². The molecule has 0 aromatic carbocycles. The summed E-state index contributed by atoms with van der Waals surface area (Å²) in [4.78, 5) is 0. The Kier molecular flexibility index (Phi) is 4.37. The lowest BCUT2D eigenvalue weighted by Gasteiger charge is -2.25. The number of nitrogens with one attached hydrogen (secondary N) is 1. The van der Waals surface area contributed by atoms with Crippen LogP contribution in [0.5, 0.6) is 0 Å². The fourth-order valence-corrected chi connectivity index (χ4v) is 2.96. The molecular formula is C9H15ClN2O3S. The van der Waals surface area contributed by atoms with Gasteiger partial charge in [0.05, 0.1) is 0 Å². The molecular weight excluding hydrogens is 252 g/mol. The second-order valence-corrected chi connectivity index (χ2v) is 5.39. The van der Waals surface area contributed by atoms with Crippen molar-refractivity contribution in [1.29, 1.82) is 0 Å². The first-order valence-corrected chi connectivity index (χ1v) is 6.32. The van der Waals surface area contributed by atoms with Gasteiger partial charge in [0.2, 0.25) is 5.09 Å². The molecule has 1 saturated heterocycles. The largest absolute Gasteiger partial charge is 0.449 e. The smallest absolute Gasteiger partial charge is 0.276 e. The monoisotopic (exact) mass is 266 g/mol. The molecule has 0 amide bonds. The highest BCUT2D eigenvalue weighted by atomic mass is 35.5. The Morgan fingerprint density at radius 3 is 2.44 bits per heavy atom. The van der Waals surface area contributed by atoms with Gasteiger partial charge in [-0.3, -0.25) is 0 Å². The third-order valence-electron chi connectivity index (χ3n) is 2.39. The van der Waals surface area contributed by atoms with E-state index in [2.05, 4.69) is 5.32 Å². The number of rotatable bonds is 2. The zero-order chi connectivity index (χ0) is 10.9. The number of piperazine rings is 1. The minimum Gasteiger partial charge on any atom is -0.449 e. The van der Waals surface area contributed by atoms with E-state index in [9.17, 15) is 8.42 Å². The van der Waals surface area contributed by atoms with E-state index in [1.165, 1.54) is 10.4 Å². The summed E-state index contributed by atoms with van der Waals surface area (Å²) >= 11 is 0. The first-order valence-electron chi connectivity index (χ1n) is 4.88. The van der Waals surface area contributed by atoms with Crippen LogP contribution in [0.3, 0.4) is 0 Å². The standard InChI is InChI=1S/C9H14N2O3S.ClH/c1-8-2-3-9(14-8)15(12,13)11-6-4-10-5-7-11;/h2-3,10H,4-7H2,1H3;1H. The van der Waals surface area contributed by atoms with Gasteiger partial charge in [-0.05, 0) is 19.1 Å². The summed E-state index contributed by atoms with van der Waals surface area (Å²) < 4.78 is 30.6. The van der Waals surface area contributed by atoms with Crippen molar-refractivity contribution in [1.82, 2.24) is 9.62 Å². The number of hydrogen-bond acceptors (Lipinski definition) is 4. The van der Waals surface area contributed by atoms with Crippen LogP contribution in [0.4, 0.5) is 0 Å². The molecule has 92 valence electrons. The summed E-state index contributed by atoms with van der Waals surface area (Å²) in [6, 6.07) is 3.17. The fourth-order valence-electron chi connectivity index (χ4n) is 1.56. The Morgan fingerprint density at radius 2 is 1.94 bits per heavy atom. The summed E-state index contributed by atoms with van der Waals surface area (Å²) in [5.74, 6) is 0.615. The summed E-state index contributed by atoms with van der Waals surface area (Å²) in [7, 11) is -3.41. The van der Waals surface area contributed by atoms with E-state index in [1.807, 2.05) is 0 Å². The van der Waals surface area contributed by atoms with Gasteiger partial charge in [-0.25, -0.2) is 8.42 Å². The van der Waals surface area contributed by atoms with E-state index in [4.69, 9.17) is 4.42 Å². The Labute approximate surface area is 101 Å². The number of hydrogen-bond donors (Lipinski definition) is 1. The third-order valence-corrected chi connectivity index (χ3v) is 4.16. The molecule has 1 aliphatic rings. The molecule has 1 fully saturated rings. The van der Waals surface area contributed by atoms with E-state index < -0.39 is 10.0 Å². The normalized spacial score (nSPS) is 18.1. The van der Waals surface area contributed by atoms with Crippen molar-refractivity contribution in [3.8, 4) is 0 Å². The molecule has 0 bridgehead atoms. The van der Waals surface area contributed by atoms with Crippen LogP contribution in [0.2, 0.25) is 0 Å². The molecule has 0 atom stereocenters. The number of aryl methyl sites for hydroxylation is 1. The number of halogens is 1. The maximum Gasteiger partial charge on any atom is 0.276 e. The lowest BCUT2D eigenvalue weighted by molar-refractivity contribution is 0.340. The summed E-state index contributed by atoms with van der Waals surface area (Å²) in [5, 5.41) is 3.15. The minimum absolute atomic E-state index is 0. The van der Waals surface area contributed by atoms with Crippen LogP contribution >= 0.6 is 12.4 Å². The topological polar surface area (TPSA) is 62.6 Å². The maximum absolute atomic E-state index is 12.0. The highest BCUT2D eigenvalue weighted by Crippen LogP contribution is 2.18. The van der Waals surface area contributed by atoms with E-state index in [1.54, 1.807) is 13.0 Å². The summed E-state index contributed by atoms with van der Waals surface area (Å²) in [6.45, 7) is 4.12. The lowest BCUT2D eigenvalue weighted by Crippen LogP contribution is -2.46. The van der Waals surface area contributed by atoms with Crippen molar-refractivity contribution in [2.75, 3.05) is 26.2 Å². The molecule has 0 unspecified atom stereocenters. The molecule has 16 heavy (non-hydrogen) atoms. The second kappa shape index (κ2) is 5.18. The van der Waals surface area contributed by atoms with Crippen molar-refractivity contribution >= 4 is 22.4 Å². The predicted molar refractivity (Wildman–Crippen MR) is 62.3 cm³/mol. The van der Waals surface area contributed by atoms with Crippen molar-refractivity contribution in [2.24, 2.45) is 0 Å². The predicted octanol–water partition coefficient (Wildman–Crippen LogP) is 0.604. The zero-order valence-electron chi connectivity index (χ0n) is 8.97. The van der Waals surface area contributed by atoms with Crippen molar-refractivity contribution in [3.05, 3.63) is 17.9 Å². The molecule has 0 aliphatic carbocycles. The lowest BCUT2D eigenvalue weighted by atomic mass is 10.4. The molecule has 0 radical (unpaired) electrons. The van der Waals surface area contributed by atoms with Gasteiger partial charge >= 0.3 is 0 Å². The molecule has 5 nitrogen and oxygen atoms in total. The Morgan fingerprint density at radius 1 is 1.31 bits per heavy atom. The van der Waals surface area contributed by atoms with Gasteiger partial charge in [0.1, 0.15) is 5.76 Å². The molecule has 7 heteroatoms. The number of sulfonamides is 1. The van der Waals surface area contributed by atoms with E-state index in [0.717, 1.165) is 0 Å². The van der Waals surface area contributed by atoms with E-state index in [0.29, 0.717) is 31.9 Å².